The van der Waals surface area contributed by atoms with Crippen LogP contribution >= 0.6 is 11.3 Å². The molecule has 0 spiro atoms. The van der Waals surface area contributed by atoms with Crippen LogP contribution in [0.1, 0.15) is 40.5 Å². The first-order chi connectivity index (χ1) is 15.2. The molecule has 3 aromatic rings. The second-order valence-electron chi connectivity index (χ2n) is 8.89. The number of hydrogen-bond acceptors (Lipinski definition) is 5. The van der Waals surface area contributed by atoms with E-state index in [1.807, 2.05) is 41.0 Å². The second kappa shape index (κ2) is 7.34. The molecular formula is C24H24N4O2S. The van der Waals surface area contributed by atoms with E-state index in [1.165, 1.54) is 11.3 Å². The Kier molecular flexibility index (Phi) is 4.45. The lowest BCUT2D eigenvalue weighted by Crippen LogP contribution is -2.47. The van der Waals surface area contributed by atoms with Crippen molar-refractivity contribution in [3.63, 3.8) is 0 Å². The molecule has 6 nitrogen and oxygen atoms in total. The van der Waals surface area contributed by atoms with Gasteiger partial charge in [-0.1, -0.05) is 47.7 Å². The van der Waals surface area contributed by atoms with Gasteiger partial charge in [-0.3, -0.25) is 9.59 Å². The Morgan fingerprint density at radius 2 is 1.87 bits per heavy atom. The molecule has 1 aromatic carbocycles. The Balaban J connectivity index is 1.35. The summed E-state index contributed by atoms with van der Waals surface area (Å²) in [5, 5.41) is 4.03. The number of aromatic nitrogens is 2. The molecule has 1 N–H and O–H groups in total. The maximum atomic E-state index is 13.0. The summed E-state index contributed by atoms with van der Waals surface area (Å²) in [4.78, 5) is 33.3. The molecule has 31 heavy (non-hydrogen) atoms. The Hall–Kier alpha value is -2.93. The van der Waals surface area contributed by atoms with Crippen molar-refractivity contribution < 1.29 is 4.79 Å². The highest BCUT2D eigenvalue weighted by atomic mass is 32.1. The lowest BCUT2D eigenvalue weighted by atomic mass is 9.83. The number of nitrogens with zero attached hydrogens (tertiary/aromatic N) is 3. The molecular weight excluding hydrogens is 408 g/mol. The van der Waals surface area contributed by atoms with Crippen LogP contribution in [-0.4, -0.2) is 34.6 Å². The zero-order valence-electron chi connectivity index (χ0n) is 17.2. The molecule has 3 aliphatic rings. The van der Waals surface area contributed by atoms with Crippen LogP contribution in [0.25, 0.3) is 11.3 Å². The minimum atomic E-state index is -0.0146. The van der Waals surface area contributed by atoms with Gasteiger partial charge in [-0.2, -0.15) is 0 Å². The number of piperidine rings is 1. The third-order valence-electron chi connectivity index (χ3n) is 6.53. The molecule has 4 heterocycles. The quantitative estimate of drug-likeness (QED) is 0.685. The second-order valence-corrected chi connectivity index (χ2v) is 9.87. The predicted molar refractivity (Wildman–Crippen MR) is 122 cm³/mol. The van der Waals surface area contributed by atoms with Crippen molar-refractivity contribution in [1.82, 2.24) is 14.9 Å². The van der Waals surface area contributed by atoms with E-state index in [1.54, 1.807) is 6.07 Å². The minimum absolute atomic E-state index is 0.0146. The van der Waals surface area contributed by atoms with Gasteiger partial charge in [0.25, 0.3) is 11.5 Å². The number of rotatable bonds is 4. The van der Waals surface area contributed by atoms with E-state index < -0.39 is 0 Å². The van der Waals surface area contributed by atoms with Crippen LogP contribution in [-0.2, 0) is 6.54 Å². The molecule has 2 aliphatic heterocycles. The fourth-order valence-electron chi connectivity index (χ4n) is 4.92. The number of thiazole rings is 1. The summed E-state index contributed by atoms with van der Waals surface area (Å²) in [6, 6.07) is 15.9. The molecule has 1 saturated heterocycles. The lowest BCUT2D eigenvalue weighted by Gasteiger charge is -2.42. The number of anilines is 1. The number of carbonyl (C=O) groups excluding carboxylic acids is 1. The third kappa shape index (κ3) is 3.47. The number of nitrogens with one attached hydrogen (secondary N) is 1. The standard InChI is InChI=1S/C24H24N4O2S/c29-20-8-4-7-19-17-11-15(13-28(19)20)12-27(14-17)24-26-21(16-5-2-1-3-6-16)22(31-24)23(30)25-18-9-10-18/h1-8,15,17-18H,9-14H2,(H,25,30). The van der Waals surface area contributed by atoms with Gasteiger partial charge in [-0.15, -0.1) is 0 Å². The topological polar surface area (TPSA) is 67.2 Å². The van der Waals surface area contributed by atoms with Crippen LogP contribution in [0.4, 0.5) is 5.13 Å². The summed E-state index contributed by atoms with van der Waals surface area (Å²) in [7, 11) is 0. The highest BCUT2D eigenvalue weighted by molar-refractivity contribution is 7.18. The molecule has 2 unspecified atom stereocenters. The molecule has 2 atom stereocenters. The number of fused-ring (bicyclic) bond motifs is 4. The zero-order chi connectivity index (χ0) is 20.9. The van der Waals surface area contributed by atoms with Crippen molar-refractivity contribution in [3.05, 3.63) is 69.5 Å². The summed E-state index contributed by atoms with van der Waals surface area (Å²) in [6.07, 6.45) is 3.23. The molecule has 1 amide bonds. The average Bonchev–Trinajstić information content (AvgIpc) is 3.48. The van der Waals surface area contributed by atoms with Gasteiger partial charge < -0.3 is 14.8 Å². The largest absolute Gasteiger partial charge is 0.349 e. The van der Waals surface area contributed by atoms with Gasteiger partial charge in [0.05, 0.1) is 5.69 Å². The highest BCUT2D eigenvalue weighted by Gasteiger charge is 2.36. The molecule has 1 saturated carbocycles. The fourth-order valence-corrected chi connectivity index (χ4v) is 5.93. The summed E-state index contributed by atoms with van der Waals surface area (Å²) >= 11 is 1.50. The van der Waals surface area contributed by atoms with E-state index in [9.17, 15) is 9.59 Å². The van der Waals surface area contributed by atoms with E-state index in [4.69, 9.17) is 4.98 Å². The first kappa shape index (κ1) is 18.8. The van der Waals surface area contributed by atoms with Crippen LogP contribution in [0.15, 0.2) is 53.3 Å². The van der Waals surface area contributed by atoms with Gasteiger partial charge in [0.15, 0.2) is 5.13 Å². The van der Waals surface area contributed by atoms with Crippen LogP contribution in [0.3, 0.4) is 0 Å². The number of amides is 1. The van der Waals surface area contributed by atoms with Crippen molar-refractivity contribution in [2.45, 2.75) is 37.8 Å². The molecule has 2 bridgehead atoms. The van der Waals surface area contributed by atoms with Crippen molar-refractivity contribution in [2.75, 3.05) is 18.0 Å². The zero-order valence-corrected chi connectivity index (χ0v) is 18.0. The van der Waals surface area contributed by atoms with E-state index in [-0.39, 0.29) is 11.5 Å². The van der Waals surface area contributed by atoms with Crippen LogP contribution in [0, 0.1) is 5.92 Å². The maximum Gasteiger partial charge on any atom is 0.263 e. The molecule has 7 heteroatoms. The van der Waals surface area contributed by atoms with Gasteiger partial charge in [-0.05, 0) is 31.2 Å². The summed E-state index contributed by atoms with van der Waals surface area (Å²) in [6.45, 7) is 2.45. The van der Waals surface area contributed by atoms with Gasteiger partial charge in [-0.25, -0.2) is 4.98 Å². The Bertz CT molecular complexity index is 1200. The Labute approximate surface area is 184 Å². The summed E-state index contributed by atoms with van der Waals surface area (Å²) in [5.74, 6) is 0.715. The highest BCUT2D eigenvalue weighted by Crippen LogP contribution is 2.40. The van der Waals surface area contributed by atoms with Crippen molar-refractivity contribution in [2.24, 2.45) is 5.92 Å². The van der Waals surface area contributed by atoms with Gasteiger partial charge in [0.2, 0.25) is 0 Å². The Morgan fingerprint density at radius 3 is 2.68 bits per heavy atom. The van der Waals surface area contributed by atoms with E-state index in [0.717, 1.165) is 61.0 Å². The van der Waals surface area contributed by atoms with Crippen LogP contribution in [0.2, 0.25) is 0 Å². The number of pyridine rings is 1. The van der Waals surface area contributed by atoms with Crippen molar-refractivity contribution in [3.8, 4) is 11.3 Å². The molecule has 1 aliphatic carbocycles. The first-order valence-electron chi connectivity index (χ1n) is 11.0. The average molecular weight is 433 g/mol. The monoisotopic (exact) mass is 432 g/mol. The summed E-state index contributed by atoms with van der Waals surface area (Å²) in [5.41, 5.74) is 2.96. The minimum Gasteiger partial charge on any atom is -0.349 e. The van der Waals surface area contributed by atoms with Gasteiger partial charge >= 0.3 is 0 Å². The third-order valence-corrected chi connectivity index (χ3v) is 7.65. The molecule has 2 aromatic heterocycles. The van der Waals surface area contributed by atoms with E-state index in [2.05, 4.69) is 16.3 Å². The number of benzene rings is 1. The molecule has 0 radical (unpaired) electrons. The fraction of sp³-hybridized carbons (Fsp3) is 0.375. The lowest BCUT2D eigenvalue weighted by molar-refractivity contribution is 0.0955. The Morgan fingerprint density at radius 1 is 1.03 bits per heavy atom. The molecule has 158 valence electrons. The van der Waals surface area contributed by atoms with E-state index >= 15 is 0 Å². The summed E-state index contributed by atoms with van der Waals surface area (Å²) < 4.78 is 1.95. The van der Waals surface area contributed by atoms with Crippen LogP contribution in [0.5, 0.6) is 0 Å². The normalized spacial score (nSPS) is 22.1. The predicted octanol–water partition coefficient (Wildman–Crippen LogP) is 3.49. The smallest absolute Gasteiger partial charge is 0.263 e. The van der Waals surface area contributed by atoms with Gasteiger partial charge in [0.1, 0.15) is 4.88 Å². The van der Waals surface area contributed by atoms with Crippen molar-refractivity contribution in [1.29, 1.82) is 0 Å². The SMILES string of the molecule is O=C(NC1CC1)c1sc(N2CC3CC(C2)c2cccc(=O)n2C3)nc1-c1ccccc1. The van der Waals surface area contributed by atoms with E-state index in [0.29, 0.717) is 22.8 Å². The van der Waals surface area contributed by atoms with Gasteiger partial charge in [0, 0.05) is 48.9 Å². The molecule has 2 fully saturated rings. The number of carbonyl (C=O) groups is 1. The van der Waals surface area contributed by atoms with Crippen LogP contribution < -0.4 is 15.8 Å². The number of hydrogen-bond donors (Lipinski definition) is 1. The maximum absolute atomic E-state index is 13.0. The molecule has 6 rings (SSSR count). The van der Waals surface area contributed by atoms with Crippen molar-refractivity contribution >= 4 is 22.4 Å². The first-order valence-corrected chi connectivity index (χ1v) is 11.8.